The molecule has 2 heterocycles. The molecule has 31 heavy (non-hydrogen) atoms. The first-order valence-corrected chi connectivity index (χ1v) is 10.8. The third-order valence-electron chi connectivity index (χ3n) is 5.17. The number of rotatable bonds is 8. The average Bonchev–Trinajstić information content (AvgIpc) is 3.22. The van der Waals surface area contributed by atoms with Crippen LogP contribution >= 0.6 is 35.6 Å². The predicted octanol–water partition coefficient (Wildman–Crippen LogP) is 3.07. The summed E-state index contributed by atoms with van der Waals surface area (Å²) in [6, 6.07) is 7.84. The Hall–Kier alpha value is -1.43. The Labute approximate surface area is 206 Å². The maximum absolute atomic E-state index is 6.03. The molecular weight excluding hydrogens is 531 g/mol. The van der Waals surface area contributed by atoms with E-state index in [0.29, 0.717) is 41.7 Å². The number of nitrogens with zero attached hydrogens (tertiary/aromatic N) is 4. The second kappa shape index (κ2) is 13.2. The van der Waals surface area contributed by atoms with Gasteiger partial charge in [0, 0.05) is 56.3 Å². The number of ether oxygens (including phenoxy) is 1. The molecule has 1 aliphatic rings. The largest absolute Gasteiger partial charge is 0.379 e. The summed E-state index contributed by atoms with van der Waals surface area (Å²) in [5.74, 6) is 2.42. The van der Waals surface area contributed by atoms with Crippen molar-refractivity contribution >= 4 is 41.5 Å². The highest BCUT2D eigenvalue weighted by atomic mass is 127. The van der Waals surface area contributed by atoms with Gasteiger partial charge in [0.15, 0.2) is 5.96 Å². The topological polar surface area (TPSA) is 87.8 Å². The molecule has 1 unspecified atom stereocenters. The molecule has 1 atom stereocenters. The van der Waals surface area contributed by atoms with Gasteiger partial charge in [-0.25, -0.2) is 0 Å². The van der Waals surface area contributed by atoms with Gasteiger partial charge in [0.05, 0.1) is 13.2 Å². The number of hydrogen-bond acceptors (Lipinski definition) is 6. The van der Waals surface area contributed by atoms with Crippen LogP contribution in [0.4, 0.5) is 0 Å². The first kappa shape index (κ1) is 25.8. The average molecular weight is 563 g/mol. The molecule has 8 nitrogen and oxygen atoms in total. The summed E-state index contributed by atoms with van der Waals surface area (Å²) < 4.78 is 10.8. The number of benzene rings is 1. The maximum Gasteiger partial charge on any atom is 0.228 e. The van der Waals surface area contributed by atoms with E-state index in [4.69, 9.17) is 20.9 Å². The van der Waals surface area contributed by atoms with Crippen molar-refractivity contribution in [2.45, 2.75) is 26.3 Å². The third kappa shape index (κ3) is 7.89. The second-order valence-electron chi connectivity index (χ2n) is 7.61. The van der Waals surface area contributed by atoms with Crippen LogP contribution in [0.5, 0.6) is 0 Å². The summed E-state index contributed by atoms with van der Waals surface area (Å²) in [7, 11) is 1.78. The maximum atomic E-state index is 6.03. The molecule has 1 aromatic carbocycles. The van der Waals surface area contributed by atoms with Gasteiger partial charge in [0.25, 0.3) is 0 Å². The van der Waals surface area contributed by atoms with Gasteiger partial charge in [0.2, 0.25) is 11.7 Å². The fourth-order valence-corrected chi connectivity index (χ4v) is 3.70. The summed E-state index contributed by atoms with van der Waals surface area (Å²) in [4.78, 5) is 11.3. The first-order valence-electron chi connectivity index (χ1n) is 10.4. The van der Waals surface area contributed by atoms with Crippen LogP contribution in [-0.4, -0.2) is 73.5 Å². The molecular formula is C21H32ClIN6O2. The zero-order chi connectivity index (χ0) is 21.3. The van der Waals surface area contributed by atoms with Crippen molar-refractivity contribution in [3.63, 3.8) is 0 Å². The minimum Gasteiger partial charge on any atom is -0.379 e. The molecule has 0 amide bonds. The number of aromatic nitrogens is 2. The number of guanidine groups is 1. The summed E-state index contributed by atoms with van der Waals surface area (Å²) in [6.45, 7) is 9.54. The highest BCUT2D eigenvalue weighted by molar-refractivity contribution is 14.0. The Kier molecular flexibility index (Phi) is 11.0. The standard InChI is InChI=1S/C21H31ClN6O2.HI/c1-15(2)18(28-9-11-29-12-10-28)14-25-21(23-3)24-8-7-19-26-20(27-30-19)16-5-4-6-17(22)13-16;/h4-6,13,15,18H,7-12,14H2,1-3H3,(H2,23,24,25);1H. The Balaban J connectivity index is 0.00000341. The lowest BCUT2D eigenvalue weighted by molar-refractivity contribution is 0.00752. The number of aliphatic imine (C=N–C) groups is 1. The SMILES string of the molecule is CN=C(NCCc1nc(-c2cccc(Cl)c2)no1)NCC(C(C)C)N1CCOCC1.I. The summed E-state index contributed by atoms with van der Waals surface area (Å²) in [6.07, 6.45) is 0.603. The smallest absolute Gasteiger partial charge is 0.228 e. The predicted molar refractivity (Wildman–Crippen MR) is 134 cm³/mol. The molecule has 1 aromatic heterocycles. The Morgan fingerprint density at radius 1 is 1.26 bits per heavy atom. The molecule has 2 N–H and O–H groups in total. The molecule has 1 saturated heterocycles. The van der Waals surface area contributed by atoms with Crippen LogP contribution in [0.25, 0.3) is 11.4 Å². The van der Waals surface area contributed by atoms with Gasteiger partial charge in [0.1, 0.15) is 0 Å². The Morgan fingerprint density at radius 3 is 2.71 bits per heavy atom. The molecule has 1 aliphatic heterocycles. The third-order valence-corrected chi connectivity index (χ3v) is 5.40. The quantitative estimate of drug-likeness (QED) is 0.290. The van der Waals surface area contributed by atoms with Crippen LogP contribution in [0, 0.1) is 5.92 Å². The van der Waals surface area contributed by atoms with E-state index in [1.54, 1.807) is 7.05 Å². The molecule has 0 radical (unpaired) electrons. The van der Waals surface area contributed by atoms with Crippen molar-refractivity contribution in [3.8, 4) is 11.4 Å². The van der Waals surface area contributed by atoms with Crippen LogP contribution in [-0.2, 0) is 11.2 Å². The van der Waals surface area contributed by atoms with Crippen LogP contribution in [0.2, 0.25) is 5.02 Å². The molecule has 172 valence electrons. The zero-order valence-electron chi connectivity index (χ0n) is 18.3. The molecule has 2 aromatic rings. The van der Waals surface area contributed by atoms with Gasteiger partial charge < -0.3 is 19.9 Å². The van der Waals surface area contributed by atoms with E-state index in [0.717, 1.165) is 44.4 Å². The van der Waals surface area contributed by atoms with E-state index in [1.165, 1.54) is 0 Å². The van der Waals surface area contributed by atoms with E-state index in [-0.39, 0.29) is 24.0 Å². The second-order valence-corrected chi connectivity index (χ2v) is 8.05. The van der Waals surface area contributed by atoms with Gasteiger partial charge in [-0.05, 0) is 18.1 Å². The van der Waals surface area contributed by atoms with Gasteiger partial charge in [-0.3, -0.25) is 9.89 Å². The van der Waals surface area contributed by atoms with Gasteiger partial charge in [-0.15, -0.1) is 24.0 Å². The molecule has 0 bridgehead atoms. The monoisotopic (exact) mass is 562 g/mol. The van der Waals surface area contributed by atoms with Crippen LogP contribution in [0.1, 0.15) is 19.7 Å². The van der Waals surface area contributed by atoms with Crippen molar-refractivity contribution in [1.29, 1.82) is 0 Å². The highest BCUT2D eigenvalue weighted by Gasteiger charge is 2.23. The minimum atomic E-state index is 0. The lowest BCUT2D eigenvalue weighted by Gasteiger charge is -2.37. The first-order chi connectivity index (χ1) is 14.6. The van der Waals surface area contributed by atoms with Crippen LogP contribution in [0.3, 0.4) is 0 Å². The molecule has 1 fully saturated rings. The number of halogens is 2. The Morgan fingerprint density at radius 2 is 2.03 bits per heavy atom. The van der Waals surface area contributed by atoms with Crippen molar-refractivity contribution in [3.05, 3.63) is 35.2 Å². The fraction of sp³-hybridized carbons (Fsp3) is 0.571. The van der Waals surface area contributed by atoms with Crippen molar-refractivity contribution in [2.24, 2.45) is 10.9 Å². The van der Waals surface area contributed by atoms with Crippen LogP contribution in [0.15, 0.2) is 33.8 Å². The van der Waals surface area contributed by atoms with Gasteiger partial charge >= 0.3 is 0 Å². The van der Waals surface area contributed by atoms with E-state index in [2.05, 4.69) is 44.5 Å². The Bertz CT molecular complexity index is 826. The molecule has 3 rings (SSSR count). The molecule has 0 aliphatic carbocycles. The highest BCUT2D eigenvalue weighted by Crippen LogP contribution is 2.20. The normalized spacial score (nSPS) is 16.1. The molecule has 10 heteroatoms. The zero-order valence-corrected chi connectivity index (χ0v) is 21.4. The number of nitrogens with one attached hydrogen (secondary N) is 2. The fourth-order valence-electron chi connectivity index (χ4n) is 3.51. The lowest BCUT2D eigenvalue weighted by Crippen LogP contribution is -2.52. The van der Waals surface area contributed by atoms with Crippen molar-refractivity contribution < 1.29 is 9.26 Å². The van der Waals surface area contributed by atoms with Gasteiger partial charge in [-0.1, -0.05) is 42.7 Å². The number of hydrogen-bond donors (Lipinski definition) is 2. The van der Waals surface area contributed by atoms with E-state index >= 15 is 0 Å². The van der Waals surface area contributed by atoms with Crippen LogP contribution < -0.4 is 10.6 Å². The summed E-state index contributed by atoms with van der Waals surface area (Å²) in [5, 5.41) is 11.5. The minimum absolute atomic E-state index is 0. The van der Waals surface area contributed by atoms with E-state index < -0.39 is 0 Å². The van der Waals surface area contributed by atoms with Crippen molar-refractivity contribution in [2.75, 3.05) is 46.4 Å². The van der Waals surface area contributed by atoms with Crippen molar-refractivity contribution in [1.82, 2.24) is 25.7 Å². The van der Waals surface area contributed by atoms with E-state index in [1.807, 2.05) is 24.3 Å². The lowest BCUT2D eigenvalue weighted by atomic mass is 10.0. The summed E-state index contributed by atoms with van der Waals surface area (Å²) >= 11 is 6.03. The van der Waals surface area contributed by atoms with Gasteiger partial charge in [-0.2, -0.15) is 4.98 Å². The molecule has 0 saturated carbocycles. The number of morpholine rings is 1. The summed E-state index contributed by atoms with van der Waals surface area (Å²) in [5.41, 5.74) is 0.839. The molecule has 0 spiro atoms. The van der Waals surface area contributed by atoms with E-state index in [9.17, 15) is 0 Å².